The Labute approximate surface area is 112 Å². The summed E-state index contributed by atoms with van der Waals surface area (Å²) in [6, 6.07) is 6.69. The molecule has 0 aliphatic carbocycles. The number of hydrogen-bond donors (Lipinski definition) is 1. The summed E-state index contributed by atoms with van der Waals surface area (Å²) in [6.07, 6.45) is 0. The molecule has 90 valence electrons. The van der Waals surface area contributed by atoms with Crippen molar-refractivity contribution in [3.63, 3.8) is 0 Å². The van der Waals surface area contributed by atoms with E-state index in [0.29, 0.717) is 12.0 Å². The number of rotatable bonds is 5. The van der Waals surface area contributed by atoms with Gasteiger partial charge < -0.3 is 5.32 Å². The fraction of sp³-hybridized carbons (Fsp3) is 0.538. The molecule has 0 saturated carbocycles. The molecule has 16 heavy (non-hydrogen) atoms. The molecule has 0 radical (unpaired) electrons. The van der Waals surface area contributed by atoms with Crippen molar-refractivity contribution < 1.29 is 0 Å². The van der Waals surface area contributed by atoms with Crippen LogP contribution in [0.2, 0.25) is 5.02 Å². The van der Waals surface area contributed by atoms with E-state index in [1.165, 1.54) is 11.1 Å². The van der Waals surface area contributed by atoms with Crippen molar-refractivity contribution in [2.75, 3.05) is 5.33 Å². The Bertz CT molecular complexity index is 341. The molecule has 0 heterocycles. The second-order valence-electron chi connectivity index (χ2n) is 4.40. The molecule has 2 unspecified atom stereocenters. The summed E-state index contributed by atoms with van der Waals surface area (Å²) >= 11 is 9.68. The van der Waals surface area contributed by atoms with Crippen molar-refractivity contribution in [3.8, 4) is 0 Å². The number of benzene rings is 1. The fourth-order valence-electron chi connectivity index (χ4n) is 1.40. The van der Waals surface area contributed by atoms with E-state index in [-0.39, 0.29) is 0 Å². The van der Waals surface area contributed by atoms with Gasteiger partial charge in [0.05, 0.1) is 0 Å². The molecule has 0 saturated heterocycles. The zero-order valence-electron chi connectivity index (χ0n) is 10.1. The maximum absolute atomic E-state index is 6.18. The Balaban J connectivity index is 2.54. The molecular weight excluding hydrogens is 286 g/mol. The van der Waals surface area contributed by atoms with Gasteiger partial charge in [-0.1, -0.05) is 46.6 Å². The van der Waals surface area contributed by atoms with E-state index in [2.05, 4.69) is 54.2 Å². The number of alkyl halides is 1. The van der Waals surface area contributed by atoms with Gasteiger partial charge in [0.25, 0.3) is 0 Å². The highest BCUT2D eigenvalue weighted by atomic mass is 79.9. The summed E-state index contributed by atoms with van der Waals surface area (Å²) in [7, 11) is 0. The van der Waals surface area contributed by atoms with Gasteiger partial charge in [0.2, 0.25) is 0 Å². The number of halogens is 2. The molecule has 1 N–H and O–H groups in total. The van der Waals surface area contributed by atoms with Gasteiger partial charge in [-0.25, -0.2) is 0 Å². The second kappa shape index (κ2) is 6.63. The van der Waals surface area contributed by atoms with Gasteiger partial charge >= 0.3 is 0 Å². The lowest BCUT2D eigenvalue weighted by atomic mass is 10.1. The summed E-state index contributed by atoms with van der Waals surface area (Å²) in [4.78, 5) is 0. The van der Waals surface area contributed by atoms with E-state index >= 15 is 0 Å². The van der Waals surface area contributed by atoms with Crippen LogP contribution in [-0.2, 0) is 6.54 Å². The Kier molecular flexibility index (Phi) is 5.81. The minimum absolute atomic E-state index is 0.483. The average molecular weight is 305 g/mol. The van der Waals surface area contributed by atoms with Gasteiger partial charge in [0, 0.05) is 22.9 Å². The zero-order chi connectivity index (χ0) is 12.1. The fourth-order valence-corrected chi connectivity index (χ4v) is 2.26. The maximum atomic E-state index is 6.18. The Morgan fingerprint density at radius 1 is 1.38 bits per heavy atom. The monoisotopic (exact) mass is 303 g/mol. The van der Waals surface area contributed by atoms with E-state index in [1.54, 1.807) is 0 Å². The molecule has 0 aromatic heterocycles. The van der Waals surface area contributed by atoms with Gasteiger partial charge in [-0.2, -0.15) is 0 Å². The predicted octanol–water partition coefficient (Wildman–Crippen LogP) is 4.16. The first-order valence-electron chi connectivity index (χ1n) is 5.59. The van der Waals surface area contributed by atoms with E-state index in [0.717, 1.165) is 16.9 Å². The molecule has 1 rings (SSSR count). The van der Waals surface area contributed by atoms with Crippen LogP contribution in [-0.4, -0.2) is 11.4 Å². The summed E-state index contributed by atoms with van der Waals surface area (Å²) < 4.78 is 0. The van der Waals surface area contributed by atoms with Crippen LogP contribution in [0.25, 0.3) is 0 Å². The highest BCUT2D eigenvalue weighted by Crippen LogP contribution is 2.18. The van der Waals surface area contributed by atoms with Crippen LogP contribution in [0, 0.1) is 12.8 Å². The normalized spacial score (nSPS) is 14.8. The maximum Gasteiger partial charge on any atom is 0.0453 e. The number of hydrogen-bond acceptors (Lipinski definition) is 1. The summed E-state index contributed by atoms with van der Waals surface area (Å²) in [5.74, 6) is 0.615. The van der Waals surface area contributed by atoms with Gasteiger partial charge in [-0.15, -0.1) is 0 Å². The van der Waals surface area contributed by atoms with E-state index in [4.69, 9.17) is 11.6 Å². The van der Waals surface area contributed by atoms with Gasteiger partial charge in [0.15, 0.2) is 0 Å². The second-order valence-corrected chi connectivity index (χ2v) is 5.45. The smallest absolute Gasteiger partial charge is 0.0453 e. The lowest BCUT2D eigenvalue weighted by Gasteiger charge is -2.19. The molecule has 1 aromatic rings. The highest BCUT2D eigenvalue weighted by molar-refractivity contribution is 9.09. The summed E-state index contributed by atoms with van der Waals surface area (Å²) in [5, 5.41) is 5.37. The van der Waals surface area contributed by atoms with Crippen LogP contribution in [0.15, 0.2) is 18.2 Å². The molecule has 3 heteroatoms. The third-order valence-electron chi connectivity index (χ3n) is 2.92. The average Bonchev–Trinajstić information content (AvgIpc) is 2.26. The van der Waals surface area contributed by atoms with Crippen LogP contribution in [0.5, 0.6) is 0 Å². The Hall–Kier alpha value is -0.0500. The van der Waals surface area contributed by atoms with Crippen molar-refractivity contribution in [3.05, 3.63) is 34.3 Å². The summed E-state index contributed by atoms with van der Waals surface area (Å²) in [6.45, 7) is 7.31. The topological polar surface area (TPSA) is 12.0 Å². The minimum atomic E-state index is 0.483. The van der Waals surface area contributed by atoms with E-state index in [1.807, 2.05) is 6.07 Å². The van der Waals surface area contributed by atoms with Gasteiger partial charge in [-0.3, -0.25) is 0 Å². The van der Waals surface area contributed by atoms with Crippen LogP contribution in [0.4, 0.5) is 0 Å². The molecular formula is C13H19BrClN. The first-order chi connectivity index (χ1) is 7.54. The molecule has 2 atom stereocenters. The van der Waals surface area contributed by atoms with Crippen molar-refractivity contribution >= 4 is 27.5 Å². The SMILES string of the molecule is Cc1ccc(CNC(C)C(C)CBr)c(Cl)c1. The van der Waals surface area contributed by atoms with Crippen molar-refractivity contribution in [1.29, 1.82) is 0 Å². The number of aryl methyl sites for hydroxylation is 1. The molecule has 1 nitrogen and oxygen atoms in total. The van der Waals surface area contributed by atoms with Crippen molar-refractivity contribution in [2.45, 2.75) is 33.4 Å². The quantitative estimate of drug-likeness (QED) is 0.806. The largest absolute Gasteiger partial charge is 0.310 e. The molecule has 0 amide bonds. The standard InChI is InChI=1S/C13H19BrClN/c1-9-4-5-12(13(15)6-9)8-16-11(3)10(2)7-14/h4-6,10-11,16H,7-8H2,1-3H3. The van der Waals surface area contributed by atoms with Crippen LogP contribution in [0.1, 0.15) is 25.0 Å². The first-order valence-corrected chi connectivity index (χ1v) is 7.09. The van der Waals surface area contributed by atoms with Crippen LogP contribution >= 0.6 is 27.5 Å². The third kappa shape index (κ3) is 4.08. The van der Waals surface area contributed by atoms with Crippen LogP contribution in [0.3, 0.4) is 0 Å². The van der Waals surface area contributed by atoms with E-state index < -0.39 is 0 Å². The summed E-state index contributed by atoms with van der Waals surface area (Å²) in [5.41, 5.74) is 2.37. The van der Waals surface area contributed by atoms with Crippen molar-refractivity contribution in [1.82, 2.24) is 5.32 Å². The molecule has 0 aliphatic heterocycles. The molecule has 0 aliphatic rings. The molecule has 0 spiro atoms. The van der Waals surface area contributed by atoms with Gasteiger partial charge in [-0.05, 0) is 37.0 Å². The lowest BCUT2D eigenvalue weighted by Crippen LogP contribution is -2.32. The first kappa shape index (κ1) is 14.0. The molecule has 1 aromatic carbocycles. The van der Waals surface area contributed by atoms with Crippen molar-refractivity contribution in [2.24, 2.45) is 5.92 Å². The Morgan fingerprint density at radius 2 is 2.06 bits per heavy atom. The highest BCUT2D eigenvalue weighted by Gasteiger charge is 2.10. The minimum Gasteiger partial charge on any atom is -0.310 e. The van der Waals surface area contributed by atoms with E-state index in [9.17, 15) is 0 Å². The lowest BCUT2D eigenvalue weighted by molar-refractivity contribution is 0.433. The number of nitrogens with one attached hydrogen (secondary N) is 1. The zero-order valence-corrected chi connectivity index (χ0v) is 12.4. The predicted molar refractivity (Wildman–Crippen MR) is 75.4 cm³/mol. The van der Waals surface area contributed by atoms with Crippen LogP contribution < -0.4 is 5.32 Å². The molecule has 0 bridgehead atoms. The van der Waals surface area contributed by atoms with Gasteiger partial charge in [0.1, 0.15) is 0 Å². The third-order valence-corrected chi connectivity index (χ3v) is 4.29. The molecule has 0 fully saturated rings. The Morgan fingerprint density at radius 3 is 2.62 bits per heavy atom.